The molecule has 18 heavy (non-hydrogen) atoms. The number of benzene rings is 1. The van der Waals surface area contributed by atoms with E-state index in [1.807, 2.05) is 35.7 Å². The lowest BCUT2D eigenvalue weighted by Crippen LogP contribution is -1.84. The van der Waals surface area contributed by atoms with Crippen molar-refractivity contribution in [1.29, 1.82) is 0 Å². The van der Waals surface area contributed by atoms with Gasteiger partial charge in [-0.1, -0.05) is 24.3 Å². The fourth-order valence-electron chi connectivity index (χ4n) is 1.80. The Morgan fingerprint density at radius 3 is 2.56 bits per heavy atom. The third kappa shape index (κ3) is 2.17. The Morgan fingerprint density at radius 2 is 1.89 bits per heavy atom. The van der Waals surface area contributed by atoms with Gasteiger partial charge in [0.25, 0.3) is 0 Å². The molecule has 0 unspecified atom stereocenters. The first kappa shape index (κ1) is 11.1. The van der Waals surface area contributed by atoms with Crippen LogP contribution in [0.3, 0.4) is 0 Å². The molecule has 2 heterocycles. The van der Waals surface area contributed by atoms with Crippen LogP contribution in [0.1, 0.15) is 0 Å². The number of rotatable bonds is 2. The zero-order valence-electron chi connectivity index (χ0n) is 9.51. The highest BCUT2D eigenvalue weighted by Gasteiger charge is 2.02. The minimum Gasteiger partial charge on any atom is -0.255 e. The van der Waals surface area contributed by atoms with Gasteiger partial charge < -0.3 is 0 Å². The Hall–Kier alpha value is -2.00. The molecule has 3 rings (SSSR count). The fraction of sp³-hybridized carbons (Fsp3) is 0. The van der Waals surface area contributed by atoms with Crippen LogP contribution < -0.4 is 0 Å². The van der Waals surface area contributed by atoms with Crippen LogP contribution in [0.5, 0.6) is 0 Å². The molecule has 0 spiro atoms. The largest absolute Gasteiger partial charge is 0.255 e. The molecule has 0 saturated heterocycles. The van der Waals surface area contributed by atoms with Crippen LogP contribution in [0.4, 0.5) is 4.39 Å². The third-order valence-electron chi connectivity index (χ3n) is 2.70. The molecule has 0 aliphatic carbocycles. The second kappa shape index (κ2) is 4.70. The molecule has 2 aromatic heterocycles. The normalized spacial score (nSPS) is 10.5. The molecular formula is C15H10FNS. The van der Waals surface area contributed by atoms with Gasteiger partial charge in [0.15, 0.2) is 0 Å². The minimum atomic E-state index is -0.227. The molecule has 1 nitrogen and oxygen atoms in total. The Bertz CT molecular complexity index is 645. The van der Waals surface area contributed by atoms with E-state index < -0.39 is 0 Å². The average Bonchev–Trinajstić information content (AvgIpc) is 2.93. The zero-order chi connectivity index (χ0) is 12.4. The maximum absolute atomic E-state index is 13.1. The quantitative estimate of drug-likeness (QED) is 0.651. The number of pyridine rings is 1. The van der Waals surface area contributed by atoms with Gasteiger partial charge in [0.05, 0.1) is 10.6 Å². The topological polar surface area (TPSA) is 12.9 Å². The van der Waals surface area contributed by atoms with Gasteiger partial charge >= 0.3 is 0 Å². The van der Waals surface area contributed by atoms with Gasteiger partial charge in [0, 0.05) is 11.8 Å². The first-order valence-corrected chi connectivity index (χ1v) is 6.47. The van der Waals surface area contributed by atoms with Crippen LogP contribution in [0.25, 0.3) is 21.7 Å². The van der Waals surface area contributed by atoms with Gasteiger partial charge in [-0.05, 0) is 35.2 Å². The summed E-state index contributed by atoms with van der Waals surface area (Å²) < 4.78 is 13.1. The Balaban J connectivity index is 1.96. The van der Waals surface area contributed by atoms with Crippen LogP contribution >= 0.6 is 11.3 Å². The smallest absolute Gasteiger partial charge is 0.123 e. The van der Waals surface area contributed by atoms with Crippen LogP contribution in [-0.4, -0.2) is 4.98 Å². The Labute approximate surface area is 109 Å². The zero-order valence-corrected chi connectivity index (χ0v) is 10.3. The van der Waals surface area contributed by atoms with E-state index in [0.29, 0.717) is 0 Å². The number of halogens is 1. The lowest BCUT2D eigenvalue weighted by molar-refractivity contribution is 0.628. The van der Waals surface area contributed by atoms with E-state index in [4.69, 9.17) is 0 Å². The summed E-state index contributed by atoms with van der Waals surface area (Å²) in [6.07, 6.45) is 1.78. The molecule has 0 aliphatic heterocycles. The summed E-state index contributed by atoms with van der Waals surface area (Å²) >= 11 is 1.66. The van der Waals surface area contributed by atoms with Crippen molar-refractivity contribution in [3.63, 3.8) is 0 Å². The average molecular weight is 255 g/mol. The highest BCUT2D eigenvalue weighted by Crippen LogP contribution is 2.25. The Morgan fingerprint density at radius 1 is 0.944 bits per heavy atom. The summed E-state index contributed by atoms with van der Waals surface area (Å²) in [7, 11) is 0. The summed E-state index contributed by atoms with van der Waals surface area (Å²) in [6, 6.07) is 14.5. The third-order valence-corrected chi connectivity index (χ3v) is 3.59. The standard InChI is InChI=1S/C15H10FNS/c16-13-4-1-3-11(9-13)12-6-7-14(17-10-12)15-5-2-8-18-15/h1-10H. The molecule has 0 aliphatic rings. The van der Waals surface area contributed by atoms with E-state index >= 15 is 0 Å². The molecule has 0 amide bonds. The lowest BCUT2D eigenvalue weighted by Gasteiger charge is -2.02. The molecule has 0 bridgehead atoms. The van der Waals surface area contributed by atoms with Crippen molar-refractivity contribution in [1.82, 2.24) is 4.98 Å². The van der Waals surface area contributed by atoms with E-state index in [9.17, 15) is 4.39 Å². The van der Waals surface area contributed by atoms with Gasteiger partial charge in [-0.15, -0.1) is 11.3 Å². The van der Waals surface area contributed by atoms with Crippen LogP contribution in [0, 0.1) is 5.82 Å². The monoisotopic (exact) mass is 255 g/mol. The molecule has 0 radical (unpaired) electrons. The summed E-state index contributed by atoms with van der Waals surface area (Å²) in [5.74, 6) is -0.227. The van der Waals surface area contributed by atoms with E-state index in [1.165, 1.54) is 12.1 Å². The summed E-state index contributed by atoms with van der Waals surface area (Å²) in [6.45, 7) is 0. The van der Waals surface area contributed by atoms with E-state index in [1.54, 1.807) is 23.6 Å². The molecule has 0 atom stereocenters. The van der Waals surface area contributed by atoms with Crippen molar-refractivity contribution < 1.29 is 4.39 Å². The van der Waals surface area contributed by atoms with E-state index in [0.717, 1.165) is 21.7 Å². The summed E-state index contributed by atoms with van der Waals surface area (Å²) in [5, 5.41) is 2.03. The maximum atomic E-state index is 13.1. The molecular weight excluding hydrogens is 245 g/mol. The number of thiophene rings is 1. The number of hydrogen-bond acceptors (Lipinski definition) is 2. The molecule has 0 N–H and O–H groups in total. The van der Waals surface area contributed by atoms with Crippen LogP contribution in [0.2, 0.25) is 0 Å². The number of aromatic nitrogens is 1. The Kier molecular flexibility index (Phi) is 2.90. The van der Waals surface area contributed by atoms with Gasteiger partial charge in [-0.2, -0.15) is 0 Å². The lowest BCUT2D eigenvalue weighted by atomic mass is 10.1. The van der Waals surface area contributed by atoms with Gasteiger partial charge in [-0.3, -0.25) is 4.98 Å². The summed E-state index contributed by atoms with van der Waals surface area (Å²) in [4.78, 5) is 5.55. The summed E-state index contributed by atoms with van der Waals surface area (Å²) in [5.41, 5.74) is 2.72. The van der Waals surface area contributed by atoms with Crippen molar-refractivity contribution in [2.75, 3.05) is 0 Å². The predicted molar refractivity (Wildman–Crippen MR) is 72.9 cm³/mol. The maximum Gasteiger partial charge on any atom is 0.123 e. The van der Waals surface area contributed by atoms with E-state index in [-0.39, 0.29) is 5.82 Å². The second-order valence-corrected chi connectivity index (χ2v) is 4.87. The van der Waals surface area contributed by atoms with Crippen molar-refractivity contribution in [2.45, 2.75) is 0 Å². The molecule has 0 saturated carbocycles. The first-order valence-electron chi connectivity index (χ1n) is 5.59. The molecule has 0 fully saturated rings. The highest BCUT2D eigenvalue weighted by molar-refractivity contribution is 7.13. The molecule has 88 valence electrons. The van der Waals surface area contributed by atoms with Crippen molar-refractivity contribution >= 4 is 11.3 Å². The van der Waals surface area contributed by atoms with Crippen LogP contribution in [-0.2, 0) is 0 Å². The number of hydrogen-bond donors (Lipinski definition) is 0. The molecule has 3 aromatic rings. The van der Waals surface area contributed by atoms with Crippen molar-refractivity contribution in [2.24, 2.45) is 0 Å². The van der Waals surface area contributed by atoms with Crippen molar-refractivity contribution in [3.05, 3.63) is 65.9 Å². The molecule has 1 aromatic carbocycles. The highest BCUT2D eigenvalue weighted by atomic mass is 32.1. The minimum absolute atomic E-state index is 0.227. The number of nitrogens with zero attached hydrogens (tertiary/aromatic N) is 1. The van der Waals surface area contributed by atoms with Gasteiger partial charge in [0.1, 0.15) is 5.82 Å². The first-order chi connectivity index (χ1) is 8.83. The van der Waals surface area contributed by atoms with Crippen LogP contribution in [0.15, 0.2) is 60.1 Å². The predicted octanol–water partition coefficient (Wildman–Crippen LogP) is 4.62. The van der Waals surface area contributed by atoms with Gasteiger partial charge in [-0.25, -0.2) is 4.39 Å². The van der Waals surface area contributed by atoms with Gasteiger partial charge in [0.2, 0.25) is 0 Å². The SMILES string of the molecule is Fc1cccc(-c2ccc(-c3cccs3)nc2)c1. The van der Waals surface area contributed by atoms with E-state index in [2.05, 4.69) is 4.98 Å². The molecule has 3 heteroatoms. The van der Waals surface area contributed by atoms with Crippen molar-refractivity contribution in [3.8, 4) is 21.7 Å². The fourth-order valence-corrected chi connectivity index (χ4v) is 2.51. The second-order valence-electron chi connectivity index (χ2n) is 3.92.